The Balaban J connectivity index is 2.61. The first-order valence-electron chi connectivity index (χ1n) is 6.51. The summed E-state index contributed by atoms with van der Waals surface area (Å²) in [5.74, 6) is 0.558. The zero-order valence-electron chi connectivity index (χ0n) is 12.0. The molecule has 0 aromatic heterocycles. The van der Waals surface area contributed by atoms with Gasteiger partial charge < -0.3 is 10.6 Å². The van der Waals surface area contributed by atoms with E-state index in [1.54, 1.807) is 0 Å². The lowest BCUT2D eigenvalue weighted by Crippen LogP contribution is -2.43. The van der Waals surface area contributed by atoms with Gasteiger partial charge in [0.25, 0.3) is 0 Å². The molecular formula is C15H24N2O. The maximum Gasteiger partial charge on any atom is 0.319 e. The number of carbonyl (C=O) groups is 1. The minimum atomic E-state index is -0.221. The Kier molecular flexibility index (Phi) is 4.76. The second-order valence-electron chi connectivity index (χ2n) is 5.76. The van der Waals surface area contributed by atoms with E-state index >= 15 is 0 Å². The molecule has 0 saturated carbocycles. The van der Waals surface area contributed by atoms with Crippen LogP contribution < -0.4 is 10.6 Å². The molecule has 0 aliphatic heterocycles. The fourth-order valence-electron chi connectivity index (χ4n) is 1.63. The van der Waals surface area contributed by atoms with Crippen molar-refractivity contribution in [2.45, 2.75) is 52.5 Å². The second-order valence-corrected chi connectivity index (χ2v) is 5.76. The van der Waals surface area contributed by atoms with Crippen molar-refractivity contribution in [1.82, 2.24) is 5.32 Å². The Morgan fingerprint density at radius 3 is 2.22 bits per heavy atom. The molecule has 0 bridgehead atoms. The van der Waals surface area contributed by atoms with E-state index in [1.165, 1.54) is 5.56 Å². The Labute approximate surface area is 110 Å². The molecule has 1 atom stereocenters. The number of rotatable bonds is 3. The van der Waals surface area contributed by atoms with Crippen LogP contribution in [0.25, 0.3) is 0 Å². The average molecular weight is 248 g/mol. The number of hydrogen-bond acceptors (Lipinski definition) is 1. The Morgan fingerprint density at radius 2 is 1.78 bits per heavy atom. The van der Waals surface area contributed by atoms with Gasteiger partial charge in [0.05, 0.1) is 0 Å². The van der Waals surface area contributed by atoms with Crippen LogP contribution in [0.1, 0.15) is 52.5 Å². The summed E-state index contributed by atoms with van der Waals surface area (Å²) in [5.41, 5.74) is 1.91. The molecule has 0 fully saturated rings. The lowest BCUT2D eigenvalue weighted by atomic mass is 9.99. The third-order valence-corrected chi connectivity index (χ3v) is 2.84. The van der Waals surface area contributed by atoms with Crippen molar-refractivity contribution in [3.63, 3.8) is 0 Å². The Hall–Kier alpha value is -1.51. The predicted molar refractivity (Wildman–Crippen MR) is 77.1 cm³/mol. The molecule has 0 aliphatic carbocycles. The van der Waals surface area contributed by atoms with Crippen LogP contribution in [0.15, 0.2) is 24.3 Å². The highest BCUT2D eigenvalue weighted by molar-refractivity contribution is 5.89. The van der Waals surface area contributed by atoms with E-state index in [1.807, 2.05) is 32.9 Å². The zero-order valence-corrected chi connectivity index (χ0v) is 12.0. The number of urea groups is 1. The van der Waals surface area contributed by atoms with Gasteiger partial charge in [-0.05, 0) is 50.8 Å². The quantitative estimate of drug-likeness (QED) is 0.830. The van der Waals surface area contributed by atoms with Crippen molar-refractivity contribution in [2.24, 2.45) is 0 Å². The van der Waals surface area contributed by atoms with Crippen molar-refractivity contribution >= 4 is 11.7 Å². The number of carbonyl (C=O) groups excluding carboxylic acids is 1. The van der Waals surface area contributed by atoms with Gasteiger partial charge in [-0.25, -0.2) is 4.79 Å². The number of nitrogens with one attached hydrogen (secondary N) is 2. The molecule has 0 heterocycles. The zero-order chi connectivity index (χ0) is 13.8. The van der Waals surface area contributed by atoms with E-state index in [-0.39, 0.29) is 11.6 Å². The molecule has 0 radical (unpaired) electrons. The van der Waals surface area contributed by atoms with E-state index in [2.05, 4.69) is 36.6 Å². The summed E-state index contributed by atoms with van der Waals surface area (Å²) in [6, 6.07) is 7.87. The summed E-state index contributed by atoms with van der Waals surface area (Å²) < 4.78 is 0. The van der Waals surface area contributed by atoms with Gasteiger partial charge in [-0.1, -0.05) is 26.0 Å². The summed E-state index contributed by atoms with van der Waals surface area (Å²) in [6.45, 7) is 10.2. The lowest BCUT2D eigenvalue weighted by molar-refractivity contribution is 0.244. The van der Waals surface area contributed by atoms with Gasteiger partial charge >= 0.3 is 6.03 Å². The number of amides is 2. The number of anilines is 1. The molecule has 1 aromatic carbocycles. The van der Waals surface area contributed by atoms with Crippen LogP contribution in [0.4, 0.5) is 10.5 Å². The van der Waals surface area contributed by atoms with Gasteiger partial charge in [-0.15, -0.1) is 0 Å². The number of benzene rings is 1. The first-order chi connectivity index (χ1) is 8.31. The van der Waals surface area contributed by atoms with Gasteiger partial charge in [0.15, 0.2) is 0 Å². The molecule has 0 aliphatic rings. The number of hydrogen-bond donors (Lipinski definition) is 2. The van der Waals surface area contributed by atoms with Crippen molar-refractivity contribution in [2.75, 3.05) is 5.32 Å². The monoisotopic (exact) mass is 248 g/mol. The smallest absolute Gasteiger partial charge is 0.319 e. The fourth-order valence-corrected chi connectivity index (χ4v) is 1.63. The Morgan fingerprint density at radius 1 is 1.22 bits per heavy atom. The van der Waals surface area contributed by atoms with Crippen LogP contribution in [0.3, 0.4) is 0 Å². The molecule has 0 unspecified atom stereocenters. The topological polar surface area (TPSA) is 41.1 Å². The fraction of sp³-hybridized carbons (Fsp3) is 0.533. The predicted octanol–water partition coefficient (Wildman–Crippen LogP) is 4.12. The summed E-state index contributed by atoms with van der Waals surface area (Å²) in [5, 5.41) is 5.70. The molecule has 0 spiro atoms. The molecule has 1 rings (SSSR count). The maximum absolute atomic E-state index is 11.7. The first-order valence-corrected chi connectivity index (χ1v) is 6.51. The van der Waals surface area contributed by atoms with E-state index in [9.17, 15) is 4.79 Å². The summed E-state index contributed by atoms with van der Waals surface area (Å²) in [4.78, 5) is 11.7. The van der Waals surface area contributed by atoms with Gasteiger partial charge in [-0.3, -0.25) is 0 Å². The molecule has 3 heteroatoms. The van der Waals surface area contributed by atoms with Gasteiger partial charge in [0.1, 0.15) is 0 Å². The third-order valence-electron chi connectivity index (χ3n) is 2.84. The Bertz CT molecular complexity index is 390. The molecule has 1 aromatic rings. The molecular weight excluding hydrogens is 224 g/mol. The van der Waals surface area contributed by atoms with Crippen LogP contribution >= 0.6 is 0 Å². The normalized spacial score (nSPS) is 12.9. The highest BCUT2D eigenvalue weighted by Gasteiger charge is 2.13. The minimum Gasteiger partial charge on any atom is -0.333 e. The van der Waals surface area contributed by atoms with Gasteiger partial charge in [-0.2, -0.15) is 0 Å². The molecule has 100 valence electrons. The maximum atomic E-state index is 11.7. The van der Waals surface area contributed by atoms with E-state index in [0.717, 1.165) is 12.1 Å². The van der Waals surface area contributed by atoms with Crippen LogP contribution in [0.2, 0.25) is 0 Å². The van der Waals surface area contributed by atoms with E-state index < -0.39 is 0 Å². The van der Waals surface area contributed by atoms with Crippen LogP contribution in [0, 0.1) is 0 Å². The lowest BCUT2D eigenvalue weighted by Gasteiger charge is -2.20. The summed E-state index contributed by atoms with van der Waals surface area (Å²) >= 11 is 0. The highest BCUT2D eigenvalue weighted by atomic mass is 16.2. The average Bonchev–Trinajstić information content (AvgIpc) is 2.26. The SMILES string of the molecule is CC[C@@H](C)c1ccc(NC(=O)NC(C)(C)C)cc1. The second kappa shape index (κ2) is 5.89. The standard InChI is InChI=1S/C15H24N2O/c1-6-11(2)12-7-9-13(10-8-12)16-14(18)17-15(3,4)5/h7-11H,6H2,1-5H3,(H2,16,17,18)/t11-/m1/s1. The van der Waals surface area contributed by atoms with Crippen LogP contribution in [-0.2, 0) is 0 Å². The van der Waals surface area contributed by atoms with Gasteiger partial charge in [0.2, 0.25) is 0 Å². The molecule has 18 heavy (non-hydrogen) atoms. The van der Waals surface area contributed by atoms with Crippen LogP contribution in [0.5, 0.6) is 0 Å². The van der Waals surface area contributed by atoms with E-state index in [0.29, 0.717) is 5.92 Å². The van der Waals surface area contributed by atoms with Crippen molar-refractivity contribution in [1.29, 1.82) is 0 Å². The first kappa shape index (κ1) is 14.6. The van der Waals surface area contributed by atoms with Crippen molar-refractivity contribution < 1.29 is 4.79 Å². The highest BCUT2D eigenvalue weighted by Crippen LogP contribution is 2.20. The van der Waals surface area contributed by atoms with Gasteiger partial charge in [0, 0.05) is 11.2 Å². The van der Waals surface area contributed by atoms with Crippen LogP contribution in [-0.4, -0.2) is 11.6 Å². The minimum absolute atomic E-state index is 0.168. The summed E-state index contributed by atoms with van der Waals surface area (Å²) in [7, 11) is 0. The largest absolute Gasteiger partial charge is 0.333 e. The van der Waals surface area contributed by atoms with Crippen molar-refractivity contribution in [3.8, 4) is 0 Å². The molecule has 3 nitrogen and oxygen atoms in total. The summed E-state index contributed by atoms with van der Waals surface area (Å²) in [6.07, 6.45) is 1.12. The molecule has 2 amide bonds. The molecule has 0 saturated heterocycles. The molecule has 2 N–H and O–H groups in total. The van der Waals surface area contributed by atoms with E-state index in [4.69, 9.17) is 0 Å². The third kappa shape index (κ3) is 4.78. The van der Waals surface area contributed by atoms with Crippen molar-refractivity contribution in [3.05, 3.63) is 29.8 Å².